The summed E-state index contributed by atoms with van der Waals surface area (Å²) in [5.74, 6) is 0.723. The highest BCUT2D eigenvalue weighted by Gasteiger charge is 2.52. The molecule has 2 heterocycles. The first kappa shape index (κ1) is 25.8. The highest BCUT2D eigenvalue weighted by Crippen LogP contribution is 2.64. The minimum absolute atomic E-state index is 0.514. The van der Waals surface area contributed by atoms with Gasteiger partial charge in [-0.1, -0.05) is 140 Å². The van der Waals surface area contributed by atoms with E-state index < -0.39 is 5.41 Å². The molecule has 3 heteroatoms. The predicted octanol–water partition coefficient (Wildman–Crippen LogP) is 11.2. The molecule has 1 spiro atoms. The number of fused-ring (bicyclic) bond motifs is 15. The third-order valence-corrected chi connectivity index (χ3v) is 10.5. The fourth-order valence-corrected chi connectivity index (χ4v) is 8.56. The zero-order chi connectivity index (χ0) is 31.4. The van der Waals surface area contributed by atoms with Crippen molar-refractivity contribution in [3.63, 3.8) is 0 Å². The van der Waals surface area contributed by atoms with Gasteiger partial charge >= 0.3 is 0 Å². The number of hydrogen-bond acceptors (Lipinski definition) is 3. The van der Waals surface area contributed by atoms with E-state index in [2.05, 4.69) is 140 Å². The number of nitrogens with zero attached hydrogens (tertiary/aromatic N) is 2. The van der Waals surface area contributed by atoms with Gasteiger partial charge in [0.05, 0.1) is 16.6 Å². The zero-order valence-electron chi connectivity index (χ0n) is 25.8. The van der Waals surface area contributed by atoms with Crippen molar-refractivity contribution in [3.05, 3.63) is 180 Å². The molecule has 48 heavy (non-hydrogen) atoms. The Bertz CT molecular complexity index is 2790. The maximum Gasteiger partial charge on any atom is 0.160 e. The molecule has 0 fully saturated rings. The summed E-state index contributed by atoms with van der Waals surface area (Å²) in [5, 5.41) is 3.34. The molecule has 1 atom stereocenters. The topological polar surface area (TPSA) is 38.9 Å². The van der Waals surface area contributed by atoms with Crippen molar-refractivity contribution in [2.45, 2.75) is 5.41 Å². The van der Waals surface area contributed by atoms with E-state index in [1.807, 2.05) is 18.2 Å². The smallest absolute Gasteiger partial charge is 0.160 e. The van der Waals surface area contributed by atoms with E-state index >= 15 is 0 Å². The van der Waals surface area contributed by atoms with E-state index in [-0.39, 0.29) is 0 Å². The highest BCUT2D eigenvalue weighted by molar-refractivity contribution is 6.13. The first-order chi connectivity index (χ1) is 23.8. The molecule has 0 amide bonds. The lowest BCUT2D eigenvalue weighted by Crippen LogP contribution is -2.25. The van der Waals surface area contributed by atoms with Crippen LogP contribution < -0.4 is 0 Å². The largest absolute Gasteiger partial charge is 0.455 e. The van der Waals surface area contributed by atoms with Gasteiger partial charge in [0.2, 0.25) is 0 Å². The van der Waals surface area contributed by atoms with E-state index in [0.717, 1.165) is 55.5 Å². The third kappa shape index (κ3) is 3.22. The molecule has 0 saturated heterocycles. The van der Waals surface area contributed by atoms with Crippen LogP contribution in [0.3, 0.4) is 0 Å². The van der Waals surface area contributed by atoms with Crippen molar-refractivity contribution in [2.24, 2.45) is 0 Å². The van der Waals surface area contributed by atoms with Gasteiger partial charge < -0.3 is 4.42 Å². The molecule has 0 bridgehead atoms. The summed E-state index contributed by atoms with van der Waals surface area (Å²) in [6, 6.07) is 56.3. The number of benzene rings is 7. The van der Waals surface area contributed by atoms with Gasteiger partial charge in [-0.2, -0.15) is 0 Å². The Balaban J connectivity index is 1.23. The molecule has 7 aromatic carbocycles. The number of aromatic nitrogens is 2. The van der Waals surface area contributed by atoms with Gasteiger partial charge in [0.15, 0.2) is 5.82 Å². The lowest BCUT2D eigenvalue weighted by molar-refractivity contribution is 0.669. The van der Waals surface area contributed by atoms with Gasteiger partial charge in [0.25, 0.3) is 0 Å². The number of hydrogen-bond donors (Lipinski definition) is 0. The number of furan rings is 1. The molecule has 2 aromatic heterocycles. The lowest BCUT2D eigenvalue weighted by Gasteiger charge is -2.30. The predicted molar refractivity (Wildman–Crippen MR) is 194 cm³/mol. The molecule has 1 unspecified atom stereocenters. The lowest BCUT2D eigenvalue weighted by atomic mass is 9.70. The minimum Gasteiger partial charge on any atom is -0.455 e. The van der Waals surface area contributed by atoms with Crippen LogP contribution in [-0.4, -0.2) is 9.97 Å². The normalized spacial score (nSPS) is 15.6. The molecule has 11 rings (SSSR count). The molecule has 0 saturated carbocycles. The number of rotatable bonds is 2. The Labute approximate surface area is 276 Å². The van der Waals surface area contributed by atoms with Gasteiger partial charge in [-0.15, -0.1) is 0 Å². The van der Waals surface area contributed by atoms with E-state index in [1.165, 1.54) is 44.5 Å². The van der Waals surface area contributed by atoms with Gasteiger partial charge in [-0.25, -0.2) is 9.97 Å². The van der Waals surface area contributed by atoms with E-state index in [0.29, 0.717) is 0 Å². The Morgan fingerprint density at radius 2 is 1.12 bits per heavy atom. The molecule has 9 aromatic rings. The summed E-state index contributed by atoms with van der Waals surface area (Å²) in [6.45, 7) is 0. The minimum atomic E-state index is -0.514. The highest BCUT2D eigenvalue weighted by atomic mass is 16.3. The fraction of sp³-hybridized carbons (Fsp3) is 0.0222. The van der Waals surface area contributed by atoms with Gasteiger partial charge in [-0.3, -0.25) is 0 Å². The van der Waals surface area contributed by atoms with Gasteiger partial charge in [0, 0.05) is 32.8 Å². The summed E-state index contributed by atoms with van der Waals surface area (Å²) in [5.41, 5.74) is 15.3. The molecule has 2 aliphatic carbocycles. The van der Waals surface area contributed by atoms with Crippen LogP contribution in [0.5, 0.6) is 0 Å². The van der Waals surface area contributed by atoms with Crippen LogP contribution in [-0.2, 0) is 5.41 Å². The van der Waals surface area contributed by atoms with Crippen LogP contribution in [0.2, 0.25) is 0 Å². The first-order valence-corrected chi connectivity index (χ1v) is 16.4. The summed E-state index contributed by atoms with van der Waals surface area (Å²) >= 11 is 0. The van der Waals surface area contributed by atoms with Gasteiger partial charge in [-0.05, 0) is 57.1 Å². The molecule has 222 valence electrons. The van der Waals surface area contributed by atoms with Crippen molar-refractivity contribution in [1.29, 1.82) is 0 Å². The Hall–Kier alpha value is -6.32. The summed E-state index contributed by atoms with van der Waals surface area (Å²) < 4.78 is 6.70. The second-order valence-electron chi connectivity index (χ2n) is 12.8. The quantitative estimate of drug-likeness (QED) is 0.195. The Morgan fingerprint density at radius 1 is 0.438 bits per heavy atom. The van der Waals surface area contributed by atoms with Crippen molar-refractivity contribution in [1.82, 2.24) is 9.97 Å². The zero-order valence-corrected chi connectivity index (χ0v) is 25.8. The summed E-state index contributed by atoms with van der Waals surface area (Å²) in [6.07, 6.45) is 0. The average molecular weight is 611 g/mol. The van der Waals surface area contributed by atoms with E-state index in [4.69, 9.17) is 14.4 Å². The van der Waals surface area contributed by atoms with Crippen LogP contribution in [0.15, 0.2) is 162 Å². The molecule has 0 aliphatic heterocycles. The average Bonchev–Trinajstić information content (AvgIpc) is 3.78. The SMILES string of the molecule is c1ccc(-c2nc(-c3ccc4c(c3)C3(c5ccccc5-4)c4ccccc4-c4c3ccc3c4oc4ccccc43)nc3ccccc23)cc1. The van der Waals surface area contributed by atoms with Crippen LogP contribution in [0, 0.1) is 0 Å². The Morgan fingerprint density at radius 3 is 2.00 bits per heavy atom. The second kappa shape index (κ2) is 9.37. The fourth-order valence-electron chi connectivity index (χ4n) is 8.56. The van der Waals surface area contributed by atoms with Crippen LogP contribution in [0.1, 0.15) is 22.3 Å². The maximum atomic E-state index is 6.70. The number of para-hydroxylation sites is 2. The monoisotopic (exact) mass is 610 g/mol. The van der Waals surface area contributed by atoms with Crippen LogP contribution >= 0.6 is 0 Å². The standard InChI is InChI=1S/C45H26N2O/c1-2-12-27(13-3-1)42-34-17-6-10-20-39(34)46-44(47-42)28-22-23-30-29-14-4-8-18-35(29)45(38(30)26-28)36-19-9-5-16-33(36)41-37(45)25-24-32-31-15-7-11-21-40(31)48-43(32)41/h1-26H. The third-order valence-electron chi connectivity index (χ3n) is 10.5. The first-order valence-electron chi connectivity index (χ1n) is 16.4. The molecular weight excluding hydrogens is 585 g/mol. The maximum absolute atomic E-state index is 6.70. The molecule has 3 nitrogen and oxygen atoms in total. The summed E-state index contributed by atoms with van der Waals surface area (Å²) in [4.78, 5) is 10.4. The van der Waals surface area contributed by atoms with Crippen molar-refractivity contribution in [2.75, 3.05) is 0 Å². The second-order valence-corrected chi connectivity index (χ2v) is 12.8. The van der Waals surface area contributed by atoms with Crippen molar-refractivity contribution in [3.8, 4) is 44.9 Å². The van der Waals surface area contributed by atoms with Crippen molar-refractivity contribution >= 4 is 32.8 Å². The summed E-state index contributed by atoms with van der Waals surface area (Å²) in [7, 11) is 0. The Kier molecular flexibility index (Phi) is 5.04. The van der Waals surface area contributed by atoms with Crippen molar-refractivity contribution < 1.29 is 4.42 Å². The molecule has 0 N–H and O–H groups in total. The van der Waals surface area contributed by atoms with Crippen LogP contribution in [0.25, 0.3) is 77.7 Å². The van der Waals surface area contributed by atoms with Crippen LogP contribution in [0.4, 0.5) is 0 Å². The molecule has 0 radical (unpaired) electrons. The molecular formula is C45H26N2O. The van der Waals surface area contributed by atoms with Gasteiger partial charge in [0.1, 0.15) is 11.2 Å². The van der Waals surface area contributed by atoms with E-state index in [9.17, 15) is 0 Å². The molecule has 2 aliphatic rings. The van der Waals surface area contributed by atoms with E-state index in [1.54, 1.807) is 0 Å².